The lowest BCUT2D eigenvalue weighted by molar-refractivity contribution is 0.0780. The number of fused-ring (bicyclic) bond motifs is 7. The lowest BCUT2D eigenvalue weighted by Crippen LogP contribution is -2.34. The second kappa shape index (κ2) is 12.2. The zero-order valence-corrected chi connectivity index (χ0v) is 31.7. The molecule has 56 heavy (non-hydrogen) atoms. The van der Waals surface area contributed by atoms with Gasteiger partial charge in [-0.25, -0.2) is 0 Å². The Morgan fingerprint density at radius 2 is 1.23 bits per heavy atom. The molecule has 3 aliphatic carbocycles. The number of hydrogen-bond donors (Lipinski definition) is 0. The Morgan fingerprint density at radius 1 is 0.536 bits per heavy atom. The normalized spacial score (nSPS) is 22.8. The van der Waals surface area contributed by atoms with Crippen molar-refractivity contribution in [3.05, 3.63) is 169 Å². The molecule has 3 aliphatic rings. The van der Waals surface area contributed by atoms with Crippen LogP contribution < -0.4 is 4.90 Å². The molecule has 3 saturated carbocycles. The number of rotatable bonds is 6. The molecule has 2 unspecified atom stereocenters. The van der Waals surface area contributed by atoms with Gasteiger partial charge < -0.3 is 13.9 Å². The summed E-state index contributed by atoms with van der Waals surface area (Å²) < 4.78 is 8.73. The minimum absolute atomic E-state index is 0.217. The van der Waals surface area contributed by atoms with E-state index in [-0.39, 0.29) is 5.41 Å². The lowest BCUT2D eigenvalue weighted by Gasteiger charge is -2.43. The first-order valence-corrected chi connectivity index (χ1v) is 20.6. The van der Waals surface area contributed by atoms with Gasteiger partial charge in [-0.1, -0.05) is 104 Å². The number of para-hydroxylation sites is 4. The number of hydrogen-bond acceptors (Lipinski definition) is 2. The van der Waals surface area contributed by atoms with Gasteiger partial charge in [-0.15, -0.1) is 0 Å². The average molecular weight is 725 g/mol. The predicted molar refractivity (Wildman–Crippen MR) is 233 cm³/mol. The first-order chi connectivity index (χ1) is 27.6. The first-order valence-electron chi connectivity index (χ1n) is 20.6. The van der Waals surface area contributed by atoms with Gasteiger partial charge >= 0.3 is 0 Å². The molecule has 3 nitrogen and oxygen atoms in total. The van der Waals surface area contributed by atoms with Crippen LogP contribution in [0.25, 0.3) is 60.6 Å². The Labute approximate surface area is 327 Å². The Hall–Kier alpha value is -6.06. The third-order valence-corrected chi connectivity index (χ3v) is 14.0. The van der Waals surface area contributed by atoms with Crippen LogP contribution in [0.2, 0.25) is 0 Å². The summed E-state index contributed by atoms with van der Waals surface area (Å²) in [5.41, 5.74) is 13.3. The lowest BCUT2D eigenvalue weighted by atomic mass is 9.62. The molecule has 0 spiro atoms. The summed E-state index contributed by atoms with van der Waals surface area (Å²) in [6.45, 7) is 2.52. The van der Waals surface area contributed by atoms with Crippen LogP contribution in [0.3, 0.4) is 0 Å². The molecule has 5 atom stereocenters. The highest BCUT2D eigenvalue weighted by atomic mass is 16.3. The van der Waals surface area contributed by atoms with Crippen molar-refractivity contribution in [2.75, 3.05) is 4.90 Å². The molecule has 9 aromatic rings. The van der Waals surface area contributed by atoms with Crippen LogP contribution in [0.4, 0.5) is 17.1 Å². The van der Waals surface area contributed by atoms with Crippen LogP contribution in [-0.2, 0) is 5.41 Å². The summed E-state index contributed by atoms with van der Waals surface area (Å²) in [7, 11) is 0. The van der Waals surface area contributed by atoms with E-state index in [2.05, 4.69) is 180 Å². The fourth-order valence-corrected chi connectivity index (χ4v) is 11.8. The van der Waals surface area contributed by atoms with E-state index < -0.39 is 0 Å². The van der Waals surface area contributed by atoms with Crippen LogP contribution in [0.15, 0.2) is 168 Å². The molecule has 0 amide bonds. The van der Waals surface area contributed by atoms with Gasteiger partial charge in [-0.05, 0) is 145 Å². The largest absolute Gasteiger partial charge is 0.456 e. The summed E-state index contributed by atoms with van der Waals surface area (Å²) in [5, 5.41) is 4.87. The van der Waals surface area contributed by atoms with E-state index in [1.165, 1.54) is 87.7 Å². The summed E-state index contributed by atoms with van der Waals surface area (Å²) in [4.78, 5) is 2.54. The van der Waals surface area contributed by atoms with Gasteiger partial charge in [0.05, 0.1) is 11.0 Å². The van der Waals surface area contributed by atoms with E-state index in [1.54, 1.807) is 0 Å². The second-order valence-corrected chi connectivity index (χ2v) is 17.3. The minimum Gasteiger partial charge on any atom is -0.456 e. The van der Waals surface area contributed by atoms with E-state index in [9.17, 15) is 0 Å². The molecule has 2 bridgehead atoms. The number of anilines is 3. The minimum atomic E-state index is 0.217. The van der Waals surface area contributed by atoms with Gasteiger partial charge in [0.1, 0.15) is 11.2 Å². The number of benzene rings is 7. The van der Waals surface area contributed by atoms with Gasteiger partial charge in [-0.2, -0.15) is 0 Å². The van der Waals surface area contributed by atoms with Crippen molar-refractivity contribution >= 4 is 60.8 Å². The fraction of sp³-hybridized carbons (Fsp3) is 0.208. The van der Waals surface area contributed by atoms with Crippen molar-refractivity contribution in [2.45, 2.75) is 44.4 Å². The van der Waals surface area contributed by atoms with Gasteiger partial charge in [0.25, 0.3) is 0 Å². The van der Waals surface area contributed by atoms with Crippen molar-refractivity contribution < 1.29 is 4.42 Å². The highest BCUT2D eigenvalue weighted by Crippen LogP contribution is 2.66. The Kier molecular flexibility index (Phi) is 7.03. The van der Waals surface area contributed by atoms with Crippen molar-refractivity contribution in [1.82, 2.24) is 4.57 Å². The Bertz CT molecular complexity index is 2910. The van der Waals surface area contributed by atoms with Gasteiger partial charge in [0.2, 0.25) is 0 Å². The summed E-state index contributed by atoms with van der Waals surface area (Å²) in [6, 6.07) is 60.4. The summed E-state index contributed by atoms with van der Waals surface area (Å²) in [5.74, 6) is 3.47. The maximum atomic E-state index is 6.33. The maximum Gasteiger partial charge on any atom is 0.135 e. The fourth-order valence-electron chi connectivity index (χ4n) is 11.8. The van der Waals surface area contributed by atoms with Gasteiger partial charge in [0.15, 0.2) is 0 Å². The van der Waals surface area contributed by atoms with Crippen LogP contribution >= 0.6 is 0 Å². The van der Waals surface area contributed by atoms with Crippen LogP contribution in [0.5, 0.6) is 0 Å². The van der Waals surface area contributed by atoms with Crippen molar-refractivity contribution in [3.8, 4) is 16.8 Å². The first kappa shape index (κ1) is 32.2. The zero-order chi connectivity index (χ0) is 37.0. The molecule has 2 aromatic heterocycles. The van der Waals surface area contributed by atoms with Crippen LogP contribution in [0.1, 0.15) is 44.6 Å². The molecule has 7 aromatic carbocycles. The van der Waals surface area contributed by atoms with Crippen molar-refractivity contribution in [2.24, 2.45) is 23.7 Å². The van der Waals surface area contributed by atoms with E-state index >= 15 is 0 Å². The van der Waals surface area contributed by atoms with Crippen molar-refractivity contribution in [1.29, 1.82) is 0 Å². The quantitative estimate of drug-likeness (QED) is 0.170. The molecular weight excluding hydrogens is 681 g/mol. The molecule has 0 N–H and O–H groups in total. The molecule has 0 saturated heterocycles. The van der Waals surface area contributed by atoms with Crippen LogP contribution in [0, 0.1) is 23.7 Å². The average Bonchev–Trinajstić information content (AvgIpc) is 3.85. The molecule has 272 valence electrons. The third kappa shape index (κ3) is 4.83. The SMILES string of the molecule is C[C@H]1C[C@@H]2C[C@H]3CC(c4ccccc4N(c4ccc(-c5cccc(-n6c7ccccc7c7ccccc76)c5)cc4)c4ccc5oc6ccccc6c5c4)(CC23)C1. The standard InChI is InChI=1S/C53H44N2O/c1-34-27-37-28-38-32-53(31-34,33-46(37)38)47-16-5-8-19-50(47)54(41-25-26-52-45(30-41)44-15-4-9-20-51(44)56-52)39-23-21-35(22-24-39)36-11-10-12-40(29-36)55-48-17-6-2-13-42(48)43-14-3-7-18-49(43)55/h2-26,29-30,34,37-38,46H,27-28,31-33H2,1H3/t34-,37+,38-,46?,53?/m0/s1. The molecule has 3 heteroatoms. The van der Waals surface area contributed by atoms with E-state index in [0.29, 0.717) is 0 Å². The smallest absolute Gasteiger partial charge is 0.135 e. The molecule has 12 rings (SSSR count). The number of nitrogens with zero attached hydrogens (tertiary/aromatic N) is 2. The van der Waals surface area contributed by atoms with Gasteiger partial charge in [0, 0.05) is 44.3 Å². The van der Waals surface area contributed by atoms with E-state index in [4.69, 9.17) is 4.42 Å². The highest BCUT2D eigenvalue weighted by Gasteiger charge is 2.57. The topological polar surface area (TPSA) is 21.3 Å². The second-order valence-electron chi connectivity index (χ2n) is 17.3. The molecule has 3 fully saturated rings. The van der Waals surface area contributed by atoms with E-state index in [0.717, 1.165) is 51.3 Å². The number of aromatic nitrogens is 1. The van der Waals surface area contributed by atoms with E-state index in [1.807, 2.05) is 0 Å². The summed E-state index contributed by atoms with van der Waals surface area (Å²) >= 11 is 0. The van der Waals surface area contributed by atoms with Gasteiger partial charge in [-0.3, -0.25) is 0 Å². The Morgan fingerprint density at radius 3 is 2.05 bits per heavy atom. The molecular formula is C53H44N2O. The number of furan rings is 1. The third-order valence-electron chi connectivity index (χ3n) is 14.0. The monoisotopic (exact) mass is 724 g/mol. The molecule has 2 heterocycles. The molecule has 0 aliphatic heterocycles. The summed E-state index contributed by atoms with van der Waals surface area (Å²) in [6.07, 6.45) is 6.79. The maximum absolute atomic E-state index is 6.33. The highest BCUT2D eigenvalue weighted by molar-refractivity contribution is 6.09. The zero-order valence-electron chi connectivity index (χ0n) is 31.7. The van der Waals surface area contributed by atoms with Crippen molar-refractivity contribution in [3.63, 3.8) is 0 Å². The van der Waals surface area contributed by atoms with Crippen LogP contribution in [-0.4, -0.2) is 4.57 Å². The predicted octanol–water partition coefficient (Wildman–Crippen LogP) is 14.5. The molecule has 0 radical (unpaired) electrons. The Balaban J connectivity index is 0.993.